The molecule has 1 aromatic rings. The Balaban J connectivity index is 2.73. The predicted molar refractivity (Wildman–Crippen MR) is 50.4 cm³/mol. The summed E-state index contributed by atoms with van der Waals surface area (Å²) in [6.07, 6.45) is 0. The van der Waals surface area contributed by atoms with E-state index in [9.17, 15) is 4.79 Å². The SMILES string of the molecule is CC(=O)O/N=C(\C)c1ccccc1. The average molecular weight is 177 g/mol. The van der Waals surface area contributed by atoms with Crippen molar-refractivity contribution in [3.05, 3.63) is 35.9 Å². The molecular formula is C10H11NO2. The highest BCUT2D eigenvalue weighted by molar-refractivity contribution is 5.98. The molecule has 0 saturated carbocycles. The molecule has 0 saturated heterocycles. The van der Waals surface area contributed by atoms with Crippen molar-refractivity contribution in [2.45, 2.75) is 13.8 Å². The molecule has 0 aromatic heterocycles. The third kappa shape index (κ3) is 3.07. The highest BCUT2D eigenvalue weighted by atomic mass is 16.7. The molecule has 0 fully saturated rings. The number of hydrogen-bond donors (Lipinski definition) is 0. The number of rotatable bonds is 2. The molecule has 0 N–H and O–H groups in total. The first-order valence-corrected chi connectivity index (χ1v) is 3.98. The van der Waals surface area contributed by atoms with Gasteiger partial charge in [-0.15, -0.1) is 0 Å². The van der Waals surface area contributed by atoms with Crippen LogP contribution in [0.25, 0.3) is 0 Å². The lowest BCUT2D eigenvalue weighted by Gasteiger charge is -1.98. The zero-order chi connectivity index (χ0) is 9.68. The second-order valence-corrected chi connectivity index (χ2v) is 2.63. The van der Waals surface area contributed by atoms with Gasteiger partial charge in [0.15, 0.2) is 0 Å². The van der Waals surface area contributed by atoms with Gasteiger partial charge in [0.25, 0.3) is 0 Å². The number of oxime groups is 1. The molecule has 3 nitrogen and oxygen atoms in total. The maximum absolute atomic E-state index is 10.5. The minimum Gasteiger partial charge on any atom is -0.318 e. The lowest BCUT2D eigenvalue weighted by molar-refractivity contribution is -0.140. The van der Waals surface area contributed by atoms with Crippen molar-refractivity contribution in [2.75, 3.05) is 0 Å². The number of nitrogens with zero attached hydrogens (tertiary/aromatic N) is 1. The minimum atomic E-state index is -0.407. The van der Waals surface area contributed by atoms with Crippen molar-refractivity contribution in [3.63, 3.8) is 0 Å². The third-order valence-corrected chi connectivity index (χ3v) is 1.50. The first-order valence-electron chi connectivity index (χ1n) is 3.98. The number of carbonyl (C=O) groups excluding carboxylic acids is 1. The Morgan fingerprint density at radius 1 is 1.23 bits per heavy atom. The van der Waals surface area contributed by atoms with Crippen molar-refractivity contribution in [1.29, 1.82) is 0 Å². The Morgan fingerprint density at radius 3 is 2.38 bits per heavy atom. The van der Waals surface area contributed by atoms with Gasteiger partial charge in [0.2, 0.25) is 0 Å². The fourth-order valence-electron chi connectivity index (χ4n) is 0.865. The number of carbonyl (C=O) groups is 1. The summed E-state index contributed by atoms with van der Waals surface area (Å²) in [4.78, 5) is 15.0. The van der Waals surface area contributed by atoms with Crippen LogP contribution in [0.4, 0.5) is 0 Å². The minimum absolute atomic E-state index is 0.407. The van der Waals surface area contributed by atoms with Crippen LogP contribution in [0.3, 0.4) is 0 Å². The van der Waals surface area contributed by atoms with Gasteiger partial charge in [-0.25, -0.2) is 4.79 Å². The second kappa shape index (κ2) is 4.40. The summed E-state index contributed by atoms with van der Waals surface area (Å²) in [5.74, 6) is -0.407. The Kier molecular flexibility index (Phi) is 3.20. The van der Waals surface area contributed by atoms with E-state index in [-0.39, 0.29) is 0 Å². The molecule has 1 aromatic carbocycles. The van der Waals surface area contributed by atoms with Gasteiger partial charge in [-0.05, 0) is 12.5 Å². The summed E-state index contributed by atoms with van der Waals surface area (Å²) in [5, 5.41) is 3.66. The van der Waals surface area contributed by atoms with E-state index in [1.54, 1.807) is 6.92 Å². The van der Waals surface area contributed by atoms with E-state index in [4.69, 9.17) is 0 Å². The summed E-state index contributed by atoms with van der Waals surface area (Å²) < 4.78 is 0. The molecule has 0 heterocycles. The quantitative estimate of drug-likeness (QED) is 0.393. The zero-order valence-corrected chi connectivity index (χ0v) is 7.65. The molecule has 68 valence electrons. The molecule has 0 radical (unpaired) electrons. The monoisotopic (exact) mass is 177 g/mol. The van der Waals surface area contributed by atoms with Crippen LogP contribution < -0.4 is 0 Å². The first kappa shape index (κ1) is 9.45. The molecular weight excluding hydrogens is 166 g/mol. The molecule has 1 rings (SSSR count). The topological polar surface area (TPSA) is 38.7 Å². The maximum atomic E-state index is 10.5. The highest BCUT2D eigenvalue weighted by Crippen LogP contribution is 2.00. The molecule has 0 bridgehead atoms. The summed E-state index contributed by atoms with van der Waals surface area (Å²) in [6.45, 7) is 3.11. The van der Waals surface area contributed by atoms with Crippen LogP contribution in [0, 0.1) is 0 Å². The van der Waals surface area contributed by atoms with Crippen LogP contribution >= 0.6 is 0 Å². The molecule has 0 aliphatic carbocycles. The summed E-state index contributed by atoms with van der Waals surface area (Å²) in [5.41, 5.74) is 1.64. The lowest BCUT2D eigenvalue weighted by atomic mass is 10.1. The van der Waals surface area contributed by atoms with E-state index in [2.05, 4.69) is 9.99 Å². The fourth-order valence-corrected chi connectivity index (χ4v) is 0.865. The van der Waals surface area contributed by atoms with E-state index < -0.39 is 5.97 Å². The van der Waals surface area contributed by atoms with Gasteiger partial charge in [-0.1, -0.05) is 35.5 Å². The van der Waals surface area contributed by atoms with Crippen LogP contribution in [-0.2, 0) is 9.63 Å². The van der Waals surface area contributed by atoms with E-state index in [0.29, 0.717) is 5.71 Å². The Bertz CT molecular complexity index is 317. The largest absolute Gasteiger partial charge is 0.331 e. The van der Waals surface area contributed by atoms with Gasteiger partial charge in [0.1, 0.15) is 0 Å². The van der Waals surface area contributed by atoms with Crippen LogP contribution in [-0.4, -0.2) is 11.7 Å². The van der Waals surface area contributed by atoms with Crippen molar-refractivity contribution in [3.8, 4) is 0 Å². The standard InChI is InChI=1S/C10H11NO2/c1-8(11-13-9(2)12)10-6-4-3-5-7-10/h3-7H,1-2H3/b11-8+. The molecule has 0 unspecified atom stereocenters. The number of hydrogen-bond acceptors (Lipinski definition) is 3. The van der Waals surface area contributed by atoms with Crippen LogP contribution in [0.2, 0.25) is 0 Å². The average Bonchev–Trinajstić information content (AvgIpc) is 2.15. The molecule has 0 aliphatic rings. The van der Waals surface area contributed by atoms with Crippen molar-refractivity contribution in [1.82, 2.24) is 0 Å². The predicted octanol–water partition coefficient (Wildman–Crippen LogP) is 1.97. The fraction of sp³-hybridized carbons (Fsp3) is 0.200. The van der Waals surface area contributed by atoms with Gasteiger partial charge in [0.05, 0.1) is 5.71 Å². The van der Waals surface area contributed by atoms with Gasteiger partial charge >= 0.3 is 5.97 Å². The van der Waals surface area contributed by atoms with Gasteiger partial charge < -0.3 is 4.84 Å². The van der Waals surface area contributed by atoms with Gasteiger partial charge in [-0.2, -0.15) is 0 Å². The van der Waals surface area contributed by atoms with Gasteiger partial charge in [-0.3, -0.25) is 0 Å². The van der Waals surface area contributed by atoms with Crippen molar-refractivity contribution in [2.24, 2.45) is 5.16 Å². The molecule has 0 amide bonds. The lowest BCUT2D eigenvalue weighted by Crippen LogP contribution is -1.98. The van der Waals surface area contributed by atoms with E-state index in [0.717, 1.165) is 5.56 Å². The Hall–Kier alpha value is -1.64. The third-order valence-electron chi connectivity index (χ3n) is 1.50. The molecule has 0 aliphatic heterocycles. The van der Waals surface area contributed by atoms with E-state index >= 15 is 0 Å². The first-order chi connectivity index (χ1) is 6.20. The molecule has 0 spiro atoms. The summed E-state index contributed by atoms with van der Waals surface area (Å²) in [6, 6.07) is 9.54. The summed E-state index contributed by atoms with van der Waals surface area (Å²) in [7, 11) is 0. The summed E-state index contributed by atoms with van der Waals surface area (Å²) >= 11 is 0. The molecule has 0 atom stereocenters. The normalized spacial score (nSPS) is 11.1. The second-order valence-electron chi connectivity index (χ2n) is 2.63. The Labute approximate surface area is 77.0 Å². The smallest absolute Gasteiger partial charge is 0.318 e. The van der Waals surface area contributed by atoms with Crippen LogP contribution in [0.5, 0.6) is 0 Å². The van der Waals surface area contributed by atoms with E-state index in [1.165, 1.54) is 6.92 Å². The van der Waals surface area contributed by atoms with Crippen molar-refractivity contribution >= 4 is 11.7 Å². The van der Waals surface area contributed by atoms with E-state index in [1.807, 2.05) is 30.3 Å². The van der Waals surface area contributed by atoms with Gasteiger partial charge in [0, 0.05) is 6.92 Å². The van der Waals surface area contributed by atoms with Crippen LogP contribution in [0.1, 0.15) is 19.4 Å². The van der Waals surface area contributed by atoms with Crippen LogP contribution in [0.15, 0.2) is 35.5 Å². The molecule has 13 heavy (non-hydrogen) atoms. The highest BCUT2D eigenvalue weighted by Gasteiger charge is 1.96. The molecule has 3 heteroatoms. The zero-order valence-electron chi connectivity index (χ0n) is 7.65. The van der Waals surface area contributed by atoms with Crippen molar-refractivity contribution < 1.29 is 9.63 Å². The Morgan fingerprint density at radius 2 is 1.85 bits per heavy atom. The number of benzene rings is 1. The maximum Gasteiger partial charge on any atom is 0.331 e.